The number of methoxy groups -OCH3 is 1. The maximum atomic E-state index is 14.5. The fraction of sp³-hybridized carbons (Fsp3) is 0.0400. The van der Waals surface area contributed by atoms with Crippen molar-refractivity contribution >= 4 is 22.8 Å². The van der Waals surface area contributed by atoms with Crippen molar-refractivity contribution in [2.24, 2.45) is 0 Å². The average Bonchev–Trinajstić information content (AvgIpc) is 2.82. The standard InChI is InChI=1S/C25H18FO4P/c1-30-24-20(26)21(27)22(28)25(23(24)29)31(17-11-5-2-6-12-17,18-13-7-3-8-14-18)19-15-9-4-10-16-19/h2-16H,1H3. The van der Waals surface area contributed by atoms with Gasteiger partial charge >= 0.3 is 0 Å². The van der Waals surface area contributed by atoms with Gasteiger partial charge in [0.05, 0.1) is 12.0 Å². The van der Waals surface area contributed by atoms with Crippen LogP contribution in [0.1, 0.15) is 0 Å². The summed E-state index contributed by atoms with van der Waals surface area (Å²) in [5.74, 6) is -2.18. The summed E-state index contributed by atoms with van der Waals surface area (Å²) in [5, 5.41) is 2.11. The van der Waals surface area contributed by atoms with Gasteiger partial charge < -0.3 is 4.74 Å². The average molecular weight is 432 g/mol. The van der Waals surface area contributed by atoms with E-state index in [9.17, 15) is 18.8 Å². The first-order valence-electron chi connectivity index (χ1n) is 9.54. The van der Waals surface area contributed by atoms with E-state index in [2.05, 4.69) is 0 Å². The van der Waals surface area contributed by atoms with Gasteiger partial charge in [-0.25, -0.2) is 0 Å². The molecule has 0 aliphatic heterocycles. The van der Waals surface area contributed by atoms with Crippen molar-refractivity contribution < 1.29 is 9.13 Å². The first kappa shape index (κ1) is 20.7. The van der Waals surface area contributed by atoms with Crippen molar-refractivity contribution in [1.29, 1.82) is 0 Å². The highest BCUT2D eigenvalue weighted by molar-refractivity contribution is 7.89. The molecule has 0 aliphatic rings. The summed E-state index contributed by atoms with van der Waals surface area (Å²) >= 11 is 0. The van der Waals surface area contributed by atoms with Crippen LogP contribution in [0.4, 0.5) is 4.39 Å². The van der Waals surface area contributed by atoms with Crippen molar-refractivity contribution in [3.05, 3.63) is 132 Å². The highest BCUT2D eigenvalue weighted by Crippen LogP contribution is 2.46. The molecule has 0 unspecified atom stereocenters. The van der Waals surface area contributed by atoms with Gasteiger partial charge in [0.1, 0.15) is 0 Å². The molecule has 4 aromatic carbocycles. The van der Waals surface area contributed by atoms with Crippen LogP contribution in [-0.2, 0) is 0 Å². The smallest absolute Gasteiger partial charge is 0.266 e. The predicted molar refractivity (Wildman–Crippen MR) is 123 cm³/mol. The molecular weight excluding hydrogens is 414 g/mol. The molecule has 6 heteroatoms. The van der Waals surface area contributed by atoms with Crippen LogP contribution in [0, 0.1) is 10.8 Å². The molecule has 0 N–H and O–H groups in total. The third-order valence-corrected chi connectivity index (χ3v) is 9.51. The van der Waals surface area contributed by atoms with E-state index in [1.165, 1.54) is 0 Å². The first-order chi connectivity index (χ1) is 15.0. The fourth-order valence-electron chi connectivity index (χ4n) is 3.90. The van der Waals surface area contributed by atoms with E-state index < -0.39 is 34.7 Å². The SMILES string of the molecule is COc1c(F)c(=O)c(=O)c(=P(c2ccccc2)(c2ccccc2)c2ccccc2)c1=O. The van der Waals surface area contributed by atoms with Crippen LogP contribution in [0.15, 0.2) is 105 Å². The molecule has 154 valence electrons. The molecule has 0 aromatic heterocycles. The van der Waals surface area contributed by atoms with Crippen LogP contribution in [0.25, 0.3) is 0 Å². The van der Waals surface area contributed by atoms with Crippen molar-refractivity contribution in [2.75, 3.05) is 7.11 Å². The van der Waals surface area contributed by atoms with Crippen LogP contribution in [0.2, 0.25) is 0 Å². The normalized spacial score (nSPS) is 11.3. The third kappa shape index (κ3) is 3.18. The zero-order valence-corrected chi connectivity index (χ0v) is 17.5. The Balaban J connectivity index is 2.52. The van der Waals surface area contributed by atoms with Gasteiger partial charge in [-0.3, -0.25) is 14.4 Å². The predicted octanol–water partition coefficient (Wildman–Crippen LogP) is 2.32. The van der Waals surface area contributed by atoms with Gasteiger partial charge in [0.2, 0.25) is 22.4 Å². The maximum absolute atomic E-state index is 14.5. The molecule has 4 rings (SSSR count). The Hall–Kier alpha value is -3.56. The minimum absolute atomic E-state index is 0.251. The topological polar surface area (TPSA) is 60.4 Å². The van der Waals surface area contributed by atoms with Gasteiger partial charge in [-0.15, -0.1) is 0 Å². The Morgan fingerprint density at radius 3 is 1.35 bits per heavy atom. The van der Waals surface area contributed by atoms with Crippen LogP contribution in [0.5, 0.6) is 5.75 Å². The number of hydrogen-bond acceptors (Lipinski definition) is 4. The van der Waals surface area contributed by atoms with Gasteiger partial charge in [0, 0.05) is 0 Å². The fourth-order valence-corrected chi connectivity index (χ4v) is 8.24. The highest BCUT2D eigenvalue weighted by atomic mass is 31.2. The van der Waals surface area contributed by atoms with Gasteiger partial charge in [-0.1, -0.05) is 91.0 Å². The van der Waals surface area contributed by atoms with E-state index in [0.29, 0.717) is 15.9 Å². The second-order valence-electron chi connectivity index (χ2n) is 6.86. The minimum Gasteiger partial charge on any atom is -0.490 e. The van der Waals surface area contributed by atoms with E-state index >= 15 is 0 Å². The van der Waals surface area contributed by atoms with Gasteiger partial charge in [-0.2, -0.15) is 4.39 Å². The van der Waals surface area contributed by atoms with Gasteiger partial charge in [-0.05, 0) is 22.8 Å². The molecule has 4 aromatic rings. The van der Waals surface area contributed by atoms with Gasteiger partial charge in [0.25, 0.3) is 5.43 Å². The quantitative estimate of drug-likeness (QED) is 0.367. The molecular formula is C25H18FO4P. The third-order valence-electron chi connectivity index (χ3n) is 5.21. The van der Waals surface area contributed by atoms with Crippen LogP contribution in [-0.4, -0.2) is 7.11 Å². The Morgan fingerprint density at radius 1 is 0.613 bits per heavy atom. The molecule has 0 amide bonds. The van der Waals surface area contributed by atoms with Crippen molar-refractivity contribution in [3.8, 4) is 5.75 Å². The Labute approximate surface area is 177 Å². The van der Waals surface area contributed by atoms with Crippen LogP contribution >= 0.6 is 6.89 Å². The Kier molecular flexibility index (Phi) is 5.53. The minimum atomic E-state index is -3.14. The number of benzene rings is 4. The van der Waals surface area contributed by atoms with Crippen molar-refractivity contribution in [3.63, 3.8) is 0 Å². The molecule has 0 heterocycles. The lowest BCUT2D eigenvalue weighted by molar-refractivity contribution is 0.380. The summed E-state index contributed by atoms with van der Waals surface area (Å²) in [7, 11) is 1.11. The Morgan fingerprint density at radius 2 is 1.00 bits per heavy atom. The second-order valence-corrected chi connectivity index (χ2v) is 10.2. The van der Waals surface area contributed by atoms with Crippen LogP contribution < -0.4 is 36.9 Å². The molecule has 0 bridgehead atoms. The first-order valence-corrected chi connectivity index (χ1v) is 11.3. The zero-order chi connectivity index (χ0) is 22.0. The highest BCUT2D eigenvalue weighted by Gasteiger charge is 2.31. The van der Waals surface area contributed by atoms with E-state index in [4.69, 9.17) is 4.74 Å². The largest absolute Gasteiger partial charge is 0.490 e. The molecule has 0 saturated heterocycles. The maximum Gasteiger partial charge on any atom is 0.266 e. The van der Waals surface area contributed by atoms with E-state index in [1.807, 2.05) is 91.0 Å². The summed E-state index contributed by atoms with van der Waals surface area (Å²) in [6, 6.07) is 27.3. The molecule has 0 saturated carbocycles. The summed E-state index contributed by atoms with van der Waals surface area (Å²) in [5.41, 5.74) is -3.39. The molecule has 0 fully saturated rings. The zero-order valence-electron chi connectivity index (χ0n) is 16.6. The lowest BCUT2D eigenvalue weighted by Gasteiger charge is -2.28. The Bertz CT molecular complexity index is 1370. The molecule has 0 aliphatic carbocycles. The summed E-state index contributed by atoms with van der Waals surface area (Å²) in [6.07, 6.45) is 0. The number of hydrogen-bond donors (Lipinski definition) is 0. The van der Waals surface area contributed by atoms with E-state index in [0.717, 1.165) is 7.11 Å². The van der Waals surface area contributed by atoms with Crippen molar-refractivity contribution in [1.82, 2.24) is 0 Å². The number of rotatable bonds is 4. The number of halogens is 1. The monoisotopic (exact) mass is 432 g/mol. The van der Waals surface area contributed by atoms with Crippen molar-refractivity contribution in [2.45, 2.75) is 0 Å². The molecule has 0 spiro atoms. The molecule has 31 heavy (non-hydrogen) atoms. The summed E-state index contributed by atoms with van der Waals surface area (Å²) in [6.45, 7) is -3.14. The lowest BCUT2D eigenvalue weighted by Crippen LogP contribution is -2.39. The summed E-state index contributed by atoms with van der Waals surface area (Å²) in [4.78, 5) is 39.1. The van der Waals surface area contributed by atoms with E-state index in [1.54, 1.807) is 0 Å². The van der Waals surface area contributed by atoms with Crippen LogP contribution in [0.3, 0.4) is 0 Å². The lowest BCUT2D eigenvalue weighted by atomic mass is 10.3. The van der Waals surface area contributed by atoms with Gasteiger partial charge in [0.15, 0.2) is 0 Å². The molecule has 0 atom stereocenters. The van der Waals surface area contributed by atoms with E-state index in [-0.39, 0.29) is 4.94 Å². The second kappa shape index (κ2) is 8.29. The molecule has 0 radical (unpaired) electrons. The molecule has 4 nitrogen and oxygen atoms in total. The number of ether oxygens (including phenoxy) is 1. The summed E-state index contributed by atoms with van der Waals surface area (Å²) < 4.78 is 19.4.